The van der Waals surface area contributed by atoms with Gasteiger partial charge in [-0.1, -0.05) is 49.7 Å². The summed E-state index contributed by atoms with van der Waals surface area (Å²) in [7, 11) is -3.98. The quantitative estimate of drug-likeness (QED) is 0.246. The first-order valence-electron chi connectivity index (χ1n) is 11.8. The summed E-state index contributed by atoms with van der Waals surface area (Å²) in [6.45, 7) is 5.29. The van der Waals surface area contributed by atoms with Crippen LogP contribution in [0.1, 0.15) is 37.8 Å². The van der Waals surface area contributed by atoms with Gasteiger partial charge in [0.1, 0.15) is 12.6 Å². The molecule has 0 radical (unpaired) electrons. The maximum atomic E-state index is 13.5. The zero-order valence-electron chi connectivity index (χ0n) is 21.1. The smallest absolute Gasteiger partial charge is 0.271 e. The number of nitro benzene ring substituents is 1. The number of amides is 2. The van der Waals surface area contributed by atoms with Crippen LogP contribution in [-0.2, 0) is 26.0 Å². The first kappa shape index (κ1) is 28.8. The highest BCUT2D eigenvalue weighted by molar-refractivity contribution is 7.92. The lowest BCUT2D eigenvalue weighted by atomic mass is 10.1. The third-order valence-electron chi connectivity index (χ3n) is 5.83. The molecular formula is C25H34N4O6S. The van der Waals surface area contributed by atoms with Gasteiger partial charge in [0.2, 0.25) is 21.8 Å². The van der Waals surface area contributed by atoms with E-state index in [1.54, 1.807) is 13.8 Å². The number of nitrogens with zero attached hydrogens (tertiary/aromatic N) is 3. The van der Waals surface area contributed by atoms with Crippen LogP contribution in [0.25, 0.3) is 0 Å². The summed E-state index contributed by atoms with van der Waals surface area (Å²) in [6.07, 6.45) is 3.10. The number of anilines is 1. The van der Waals surface area contributed by atoms with Crippen molar-refractivity contribution >= 4 is 33.2 Å². The lowest BCUT2D eigenvalue weighted by molar-refractivity contribution is -0.384. The van der Waals surface area contributed by atoms with Crippen LogP contribution in [0.4, 0.5) is 11.4 Å². The van der Waals surface area contributed by atoms with Crippen LogP contribution >= 0.6 is 0 Å². The summed E-state index contributed by atoms with van der Waals surface area (Å²) in [4.78, 5) is 38.3. The molecule has 0 aliphatic rings. The van der Waals surface area contributed by atoms with Crippen LogP contribution in [0.2, 0.25) is 0 Å². The second-order valence-corrected chi connectivity index (χ2v) is 10.5. The molecule has 0 fully saturated rings. The molecule has 2 aromatic carbocycles. The Morgan fingerprint density at radius 1 is 1.14 bits per heavy atom. The maximum absolute atomic E-state index is 13.5. The zero-order valence-corrected chi connectivity index (χ0v) is 22.0. The van der Waals surface area contributed by atoms with E-state index in [2.05, 4.69) is 5.32 Å². The number of nitrogens with one attached hydrogen (secondary N) is 1. The molecule has 1 atom stereocenters. The summed E-state index contributed by atoms with van der Waals surface area (Å²) in [5, 5.41) is 14.1. The SMILES string of the molecule is CCCCNC(=O)[C@H](C)N(CCc1ccccc1)C(=O)CN(c1cc([N+](=O)[O-])ccc1C)S(C)(=O)=O. The topological polar surface area (TPSA) is 130 Å². The lowest BCUT2D eigenvalue weighted by Gasteiger charge is -2.31. The minimum absolute atomic E-state index is 0.0445. The van der Waals surface area contributed by atoms with E-state index in [4.69, 9.17) is 0 Å². The van der Waals surface area contributed by atoms with E-state index in [0.717, 1.165) is 35.0 Å². The predicted molar refractivity (Wildman–Crippen MR) is 139 cm³/mol. The number of carbonyl (C=O) groups is 2. The lowest BCUT2D eigenvalue weighted by Crippen LogP contribution is -2.52. The fourth-order valence-corrected chi connectivity index (χ4v) is 4.58. The van der Waals surface area contributed by atoms with Gasteiger partial charge in [0.25, 0.3) is 5.69 Å². The summed E-state index contributed by atoms with van der Waals surface area (Å²) in [5.74, 6) is -0.914. The van der Waals surface area contributed by atoms with E-state index in [9.17, 15) is 28.1 Å². The molecule has 0 heterocycles. The third kappa shape index (κ3) is 8.04. The summed E-state index contributed by atoms with van der Waals surface area (Å²) in [5.41, 5.74) is 1.17. The summed E-state index contributed by atoms with van der Waals surface area (Å²) in [6, 6.07) is 12.4. The minimum atomic E-state index is -3.98. The Kier molecular flexibility index (Phi) is 10.4. The summed E-state index contributed by atoms with van der Waals surface area (Å²) < 4.78 is 26.2. The van der Waals surface area contributed by atoms with Crippen molar-refractivity contribution in [2.45, 2.75) is 46.1 Å². The highest BCUT2D eigenvalue weighted by Gasteiger charge is 2.30. The fraction of sp³-hybridized carbons (Fsp3) is 0.440. The monoisotopic (exact) mass is 518 g/mol. The Bertz CT molecular complexity index is 1170. The molecule has 0 aliphatic heterocycles. The third-order valence-corrected chi connectivity index (χ3v) is 6.96. The van der Waals surface area contributed by atoms with Crippen molar-refractivity contribution in [3.63, 3.8) is 0 Å². The molecular weight excluding hydrogens is 484 g/mol. The number of unbranched alkanes of at least 4 members (excludes halogenated alkanes) is 1. The van der Waals surface area contributed by atoms with Crippen LogP contribution in [0.15, 0.2) is 48.5 Å². The molecule has 2 aromatic rings. The van der Waals surface area contributed by atoms with Crippen LogP contribution < -0.4 is 9.62 Å². The average Bonchev–Trinajstić information content (AvgIpc) is 2.83. The Labute approximate surface area is 212 Å². The number of benzene rings is 2. The normalized spacial score (nSPS) is 12.0. The molecule has 0 aromatic heterocycles. The number of hydrogen-bond acceptors (Lipinski definition) is 6. The van der Waals surface area contributed by atoms with E-state index in [1.807, 2.05) is 37.3 Å². The van der Waals surface area contributed by atoms with E-state index in [-0.39, 0.29) is 23.8 Å². The van der Waals surface area contributed by atoms with Crippen molar-refractivity contribution in [3.8, 4) is 0 Å². The maximum Gasteiger partial charge on any atom is 0.271 e. The standard InChI is InChI=1S/C25H34N4O6S/c1-5-6-15-26-25(31)20(3)27(16-14-21-10-8-7-9-11-21)24(30)18-28(36(4,34)35)23-17-22(29(32)33)13-12-19(23)2/h7-13,17,20H,5-6,14-16,18H2,1-4H3,(H,26,31)/t20-/m0/s1. The molecule has 0 aliphatic carbocycles. The molecule has 10 nitrogen and oxygen atoms in total. The number of rotatable bonds is 13. The van der Waals surface area contributed by atoms with Gasteiger partial charge in [-0.25, -0.2) is 8.42 Å². The van der Waals surface area contributed by atoms with Gasteiger partial charge in [0.15, 0.2) is 0 Å². The van der Waals surface area contributed by atoms with Gasteiger partial charge < -0.3 is 10.2 Å². The van der Waals surface area contributed by atoms with Crippen molar-refractivity contribution in [2.24, 2.45) is 0 Å². The van der Waals surface area contributed by atoms with Crippen molar-refractivity contribution in [1.82, 2.24) is 10.2 Å². The first-order chi connectivity index (χ1) is 17.0. The number of hydrogen-bond donors (Lipinski definition) is 1. The molecule has 2 amide bonds. The van der Waals surface area contributed by atoms with E-state index in [1.165, 1.54) is 17.0 Å². The van der Waals surface area contributed by atoms with Gasteiger partial charge in [-0.3, -0.25) is 24.0 Å². The van der Waals surface area contributed by atoms with E-state index < -0.39 is 33.4 Å². The first-order valence-corrected chi connectivity index (χ1v) is 13.6. The molecule has 1 N–H and O–H groups in total. The van der Waals surface area contributed by atoms with Gasteiger partial charge in [-0.15, -0.1) is 0 Å². The van der Waals surface area contributed by atoms with Crippen LogP contribution in [-0.4, -0.2) is 62.0 Å². The number of non-ortho nitro benzene ring substituents is 1. The average molecular weight is 519 g/mol. The van der Waals surface area contributed by atoms with Crippen molar-refractivity contribution in [2.75, 3.05) is 30.2 Å². The van der Waals surface area contributed by atoms with Gasteiger partial charge >= 0.3 is 0 Å². The van der Waals surface area contributed by atoms with Crippen molar-refractivity contribution in [3.05, 3.63) is 69.8 Å². The fourth-order valence-electron chi connectivity index (χ4n) is 3.68. The molecule has 0 bridgehead atoms. The van der Waals surface area contributed by atoms with Crippen molar-refractivity contribution in [1.29, 1.82) is 0 Å². The number of aryl methyl sites for hydroxylation is 1. The second-order valence-electron chi connectivity index (χ2n) is 8.64. The Morgan fingerprint density at radius 2 is 1.81 bits per heavy atom. The van der Waals surface area contributed by atoms with Crippen LogP contribution in [0.3, 0.4) is 0 Å². The minimum Gasteiger partial charge on any atom is -0.354 e. The predicted octanol–water partition coefficient (Wildman–Crippen LogP) is 3.05. The molecule has 0 unspecified atom stereocenters. The van der Waals surface area contributed by atoms with Gasteiger partial charge in [-0.2, -0.15) is 0 Å². The molecule has 0 spiro atoms. The van der Waals surface area contributed by atoms with E-state index in [0.29, 0.717) is 18.5 Å². The van der Waals surface area contributed by atoms with Crippen molar-refractivity contribution < 1.29 is 22.9 Å². The molecule has 11 heteroatoms. The number of sulfonamides is 1. The molecule has 36 heavy (non-hydrogen) atoms. The second kappa shape index (κ2) is 13.0. The molecule has 2 rings (SSSR count). The number of carbonyl (C=O) groups excluding carboxylic acids is 2. The Balaban J connectivity index is 2.37. The number of nitro groups is 1. The molecule has 196 valence electrons. The molecule has 0 saturated heterocycles. The Hall–Kier alpha value is -3.47. The largest absolute Gasteiger partial charge is 0.354 e. The van der Waals surface area contributed by atoms with Crippen LogP contribution in [0.5, 0.6) is 0 Å². The van der Waals surface area contributed by atoms with Gasteiger partial charge in [-0.05, 0) is 37.8 Å². The molecule has 0 saturated carbocycles. The highest BCUT2D eigenvalue weighted by atomic mass is 32.2. The van der Waals surface area contributed by atoms with Gasteiger partial charge in [0.05, 0.1) is 16.9 Å². The Morgan fingerprint density at radius 3 is 2.39 bits per heavy atom. The van der Waals surface area contributed by atoms with Crippen LogP contribution in [0, 0.1) is 17.0 Å². The van der Waals surface area contributed by atoms with Gasteiger partial charge in [0, 0.05) is 25.2 Å². The zero-order chi connectivity index (χ0) is 26.9. The highest BCUT2D eigenvalue weighted by Crippen LogP contribution is 2.27. The summed E-state index contributed by atoms with van der Waals surface area (Å²) >= 11 is 0. The van der Waals surface area contributed by atoms with E-state index >= 15 is 0 Å².